The minimum Gasteiger partial charge on any atom is -0.476 e. The average Bonchev–Trinajstić information content (AvgIpc) is 2.74. The number of rotatable bonds is 10. The molecule has 0 atom stereocenters. The lowest BCUT2D eigenvalue weighted by molar-refractivity contribution is 0.0690. The number of anilines is 1. The molecule has 5 heteroatoms. The molecule has 0 aliphatic heterocycles. The molecular weight excluding hydrogens is 242 g/mol. The Morgan fingerprint density at radius 3 is 2.32 bits per heavy atom. The fourth-order valence-corrected chi connectivity index (χ4v) is 2.13. The predicted octanol–water partition coefficient (Wildman–Crippen LogP) is 3.30. The van der Waals surface area contributed by atoms with Gasteiger partial charge < -0.3 is 10.8 Å². The molecule has 0 saturated carbocycles. The van der Waals surface area contributed by atoms with Crippen molar-refractivity contribution in [2.75, 3.05) is 5.73 Å². The number of nitrogens with two attached hydrogens (primary N) is 1. The lowest BCUT2D eigenvalue weighted by Crippen LogP contribution is -2.03. The Kier molecular flexibility index (Phi) is 7.00. The molecule has 1 aromatic heterocycles. The number of hydrogen-bond donors (Lipinski definition) is 2. The molecule has 0 radical (unpaired) electrons. The van der Waals surface area contributed by atoms with Gasteiger partial charge in [0.25, 0.3) is 0 Å². The molecule has 1 aromatic rings. The zero-order valence-electron chi connectivity index (χ0n) is 11.8. The third kappa shape index (κ3) is 5.77. The quantitative estimate of drug-likeness (QED) is 0.637. The van der Waals surface area contributed by atoms with Crippen LogP contribution < -0.4 is 5.73 Å². The zero-order valence-corrected chi connectivity index (χ0v) is 11.8. The van der Waals surface area contributed by atoms with E-state index in [9.17, 15) is 4.79 Å². The summed E-state index contributed by atoms with van der Waals surface area (Å²) in [5, 5.41) is 12.8. The standard InChI is InChI=1S/C14H25N3O2/c1-2-3-4-5-6-7-8-9-10-17-11-12(15)13(16-17)14(18)19/h11H,2-10,15H2,1H3,(H,18,19). The lowest BCUT2D eigenvalue weighted by atomic mass is 10.1. The van der Waals surface area contributed by atoms with Gasteiger partial charge in [-0.05, 0) is 6.42 Å². The van der Waals surface area contributed by atoms with Gasteiger partial charge in [-0.3, -0.25) is 4.68 Å². The number of carbonyl (C=O) groups is 1. The molecule has 3 N–H and O–H groups in total. The second-order valence-electron chi connectivity index (χ2n) is 4.98. The van der Waals surface area contributed by atoms with Crippen molar-refractivity contribution in [3.63, 3.8) is 0 Å². The fourth-order valence-electron chi connectivity index (χ4n) is 2.13. The molecule has 0 spiro atoms. The average molecular weight is 267 g/mol. The molecule has 0 aromatic carbocycles. The Balaban J connectivity index is 2.12. The number of unbranched alkanes of at least 4 members (excludes halogenated alkanes) is 7. The summed E-state index contributed by atoms with van der Waals surface area (Å²) in [6.07, 6.45) is 11.6. The number of aromatic carboxylic acids is 1. The molecule has 0 bridgehead atoms. The van der Waals surface area contributed by atoms with Gasteiger partial charge in [0.15, 0.2) is 5.69 Å². The largest absolute Gasteiger partial charge is 0.476 e. The van der Waals surface area contributed by atoms with E-state index in [0.717, 1.165) is 19.4 Å². The van der Waals surface area contributed by atoms with Gasteiger partial charge in [-0.25, -0.2) is 4.79 Å². The monoisotopic (exact) mass is 267 g/mol. The van der Waals surface area contributed by atoms with Gasteiger partial charge in [-0.15, -0.1) is 0 Å². The second-order valence-corrected chi connectivity index (χ2v) is 4.98. The van der Waals surface area contributed by atoms with Crippen LogP contribution in [0, 0.1) is 0 Å². The van der Waals surface area contributed by atoms with Crippen LogP contribution in [-0.4, -0.2) is 20.9 Å². The highest BCUT2D eigenvalue weighted by Gasteiger charge is 2.12. The van der Waals surface area contributed by atoms with E-state index < -0.39 is 5.97 Å². The molecular formula is C14H25N3O2. The van der Waals surface area contributed by atoms with E-state index >= 15 is 0 Å². The molecule has 0 aliphatic rings. The molecule has 0 saturated heterocycles. The van der Waals surface area contributed by atoms with E-state index in [-0.39, 0.29) is 11.4 Å². The predicted molar refractivity (Wildman–Crippen MR) is 76.2 cm³/mol. The van der Waals surface area contributed by atoms with Crippen LogP contribution in [0.3, 0.4) is 0 Å². The van der Waals surface area contributed by atoms with Gasteiger partial charge in [0.2, 0.25) is 0 Å². The fraction of sp³-hybridized carbons (Fsp3) is 0.714. The first-order chi connectivity index (χ1) is 9.15. The summed E-state index contributed by atoms with van der Waals surface area (Å²) in [5.74, 6) is -1.06. The molecule has 5 nitrogen and oxygen atoms in total. The van der Waals surface area contributed by atoms with Gasteiger partial charge >= 0.3 is 5.97 Å². The Hall–Kier alpha value is -1.52. The maximum Gasteiger partial charge on any atom is 0.358 e. The summed E-state index contributed by atoms with van der Waals surface area (Å²) < 4.78 is 1.63. The summed E-state index contributed by atoms with van der Waals surface area (Å²) >= 11 is 0. The third-order valence-corrected chi connectivity index (χ3v) is 3.23. The summed E-state index contributed by atoms with van der Waals surface area (Å²) in [4.78, 5) is 10.8. The summed E-state index contributed by atoms with van der Waals surface area (Å²) in [7, 11) is 0. The maximum atomic E-state index is 10.8. The van der Waals surface area contributed by atoms with Crippen molar-refractivity contribution in [2.45, 2.75) is 64.8 Å². The van der Waals surface area contributed by atoms with E-state index in [4.69, 9.17) is 10.8 Å². The van der Waals surface area contributed by atoms with E-state index in [1.165, 1.54) is 38.5 Å². The Morgan fingerprint density at radius 1 is 1.21 bits per heavy atom. The van der Waals surface area contributed by atoms with Crippen LogP contribution in [-0.2, 0) is 6.54 Å². The molecule has 1 rings (SSSR count). The van der Waals surface area contributed by atoms with Gasteiger partial charge in [-0.2, -0.15) is 5.10 Å². The molecule has 19 heavy (non-hydrogen) atoms. The first kappa shape index (κ1) is 15.5. The number of nitrogens with zero attached hydrogens (tertiary/aromatic N) is 2. The van der Waals surface area contributed by atoms with E-state index in [0.29, 0.717) is 0 Å². The smallest absolute Gasteiger partial charge is 0.358 e. The Labute approximate surface area is 114 Å². The van der Waals surface area contributed by atoms with Crippen molar-refractivity contribution in [2.24, 2.45) is 0 Å². The first-order valence-corrected chi connectivity index (χ1v) is 7.21. The molecule has 0 amide bonds. The zero-order chi connectivity index (χ0) is 14.1. The van der Waals surface area contributed by atoms with E-state index in [1.54, 1.807) is 10.9 Å². The lowest BCUT2D eigenvalue weighted by Gasteiger charge is -2.02. The van der Waals surface area contributed by atoms with E-state index in [2.05, 4.69) is 12.0 Å². The van der Waals surface area contributed by atoms with Crippen molar-refractivity contribution in [3.8, 4) is 0 Å². The van der Waals surface area contributed by atoms with Crippen LogP contribution in [0.25, 0.3) is 0 Å². The SMILES string of the molecule is CCCCCCCCCCn1cc(N)c(C(=O)O)n1. The van der Waals surface area contributed by atoms with Gasteiger partial charge in [-0.1, -0.05) is 51.9 Å². The number of carboxylic acid groups (broad SMARTS) is 1. The maximum absolute atomic E-state index is 10.8. The molecule has 0 unspecified atom stereocenters. The number of carboxylic acids is 1. The first-order valence-electron chi connectivity index (χ1n) is 7.21. The van der Waals surface area contributed by atoms with Crippen LogP contribution in [0.5, 0.6) is 0 Å². The van der Waals surface area contributed by atoms with Gasteiger partial charge in [0.05, 0.1) is 5.69 Å². The summed E-state index contributed by atoms with van der Waals surface area (Å²) in [5.41, 5.74) is 5.78. The number of nitrogen functional groups attached to an aromatic ring is 1. The van der Waals surface area contributed by atoms with Crippen molar-refractivity contribution >= 4 is 11.7 Å². The van der Waals surface area contributed by atoms with Crippen LogP contribution in [0.2, 0.25) is 0 Å². The minimum absolute atomic E-state index is 0.0421. The van der Waals surface area contributed by atoms with Crippen molar-refractivity contribution in [1.82, 2.24) is 9.78 Å². The van der Waals surface area contributed by atoms with Crippen molar-refractivity contribution < 1.29 is 9.90 Å². The van der Waals surface area contributed by atoms with Crippen LogP contribution in [0.1, 0.15) is 68.8 Å². The van der Waals surface area contributed by atoms with Crippen LogP contribution in [0.4, 0.5) is 5.69 Å². The summed E-state index contributed by atoms with van der Waals surface area (Å²) in [6.45, 7) is 2.97. The van der Waals surface area contributed by atoms with E-state index in [1.807, 2.05) is 0 Å². The Morgan fingerprint density at radius 2 is 1.79 bits per heavy atom. The van der Waals surface area contributed by atoms with Crippen molar-refractivity contribution in [1.29, 1.82) is 0 Å². The topological polar surface area (TPSA) is 81.1 Å². The Bertz CT molecular complexity index is 388. The van der Waals surface area contributed by atoms with Crippen LogP contribution >= 0.6 is 0 Å². The second kappa shape index (κ2) is 8.56. The number of aromatic nitrogens is 2. The number of aryl methyl sites for hydroxylation is 1. The highest BCUT2D eigenvalue weighted by Crippen LogP contribution is 2.11. The highest BCUT2D eigenvalue weighted by molar-refractivity contribution is 5.91. The van der Waals surface area contributed by atoms with Gasteiger partial charge in [0.1, 0.15) is 0 Å². The highest BCUT2D eigenvalue weighted by atomic mass is 16.4. The molecule has 0 fully saturated rings. The molecule has 1 heterocycles. The minimum atomic E-state index is -1.06. The third-order valence-electron chi connectivity index (χ3n) is 3.23. The number of hydrogen-bond acceptors (Lipinski definition) is 3. The summed E-state index contributed by atoms with van der Waals surface area (Å²) in [6, 6.07) is 0. The normalized spacial score (nSPS) is 10.8. The van der Waals surface area contributed by atoms with Crippen LogP contribution in [0.15, 0.2) is 6.20 Å². The van der Waals surface area contributed by atoms with Gasteiger partial charge in [0, 0.05) is 12.7 Å². The molecule has 108 valence electrons. The molecule has 0 aliphatic carbocycles. The van der Waals surface area contributed by atoms with Crippen molar-refractivity contribution in [3.05, 3.63) is 11.9 Å².